The van der Waals surface area contributed by atoms with Crippen LogP contribution in [0.3, 0.4) is 0 Å². The minimum atomic E-state index is -1.42. The maximum absolute atomic E-state index is 9.74. The largest absolute Gasteiger partial charge is 0.400 e. The molecule has 0 amide bonds. The van der Waals surface area contributed by atoms with Crippen molar-refractivity contribution in [3.05, 3.63) is 0 Å². The van der Waals surface area contributed by atoms with Crippen molar-refractivity contribution in [3.63, 3.8) is 0 Å². The molecule has 1 unspecified atom stereocenters. The number of nitrogens with zero attached hydrogens (tertiary/aromatic N) is 1. The minimum absolute atomic E-state index is 0.794. The van der Waals surface area contributed by atoms with Crippen molar-refractivity contribution in [3.8, 4) is 0 Å². The molecule has 3 nitrogen and oxygen atoms in total. The molecule has 0 aromatic heterocycles. The first-order valence-corrected chi connectivity index (χ1v) is 4.92. The molecule has 0 saturated carbocycles. The monoisotopic (exact) mass is 143 g/mol. The second-order valence-corrected chi connectivity index (χ2v) is 4.12. The minimum Gasteiger partial charge on any atom is -0.400 e. The van der Waals surface area contributed by atoms with E-state index in [4.69, 9.17) is 4.43 Å². The predicted octanol–water partition coefficient (Wildman–Crippen LogP) is 0.353. The Labute approximate surface area is 55.5 Å². The number of isocyanates is 1. The fourth-order valence-electron chi connectivity index (χ4n) is 0.884. The van der Waals surface area contributed by atoms with Crippen molar-refractivity contribution in [2.24, 2.45) is 4.66 Å². The summed E-state index contributed by atoms with van der Waals surface area (Å²) in [7, 11) is -1.42. The van der Waals surface area contributed by atoms with Crippen LogP contribution in [0, 0.1) is 0 Å². The third-order valence-corrected chi connectivity index (χ3v) is 3.27. The Morgan fingerprint density at radius 1 is 1.56 bits per heavy atom. The molecule has 50 valence electrons. The van der Waals surface area contributed by atoms with E-state index in [2.05, 4.69) is 4.66 Å². The lowest BCUT2D eigenvalue weighted by atomic mass is 10.4. The summed E-state index contributed by atoms with van der Waals surface area (Å²) in [4.78, 5) is 9.74. The first kappa shape index (κ1) is 6.67. The summed E-state index contributed by atoms with van der Waals surface area (Å²) in [5.41, 5.74) is 0. The van der Waals surface area contributed by atoms with E-state index in [1.165, 1.54) is 6.42 Å². The molecule has 0 aromatic rings. The second kappa shape index (κ2) is 3.56. The Balaban J connectivity index is 2.31. The summed E-state index contributed by atoms with van der Waals surface area (Å²) < 4.78 is 8.82. The zero-order chi connectivity index (χ0) is 6.53. The summed E-state index contributed by atoms with van der Waals surface area (Å²) in [6.45, 7) is 0.794. The lowest BCUT2D eigenvalue weighted by Crippen LogP contribution is -2.20. The molecular weight excluding hydrogens is 134 g/mol. The molecule has 1 aliphatic rings. The van der Waals surface area contributed by atoms with Gasteiger partial charge in [0, 0.05) is 6.61 Å². The first-order valence-electron chi connectivity index (χ1n) is 3.12. The van der Waals surface area contributed by atoms with E-state index in [9.17, 15) is 4.79 Å². The van der Waals surface area contributed by atoms with Gasteiger partial charge in [-0.25, -0.2) is 9.45 Å². The lowest BCUT2D eigenvalue weighted by Gasteiger charge is -2.14. The van der Waals surface area contributed by atoms with Gasteiger partial charge in [0.25, 0.3) is 0 Å². The Bertz CT molecular complexity index is 127. The Hall–Kier alpha value is -0.443. The average Bonchev–Trinajstić information content (AvgIpc) is 1.91. The van der Waals surface area contributed by atoms with E-state index in [0.717, 1.165) is 19.1 Å². The van der Waals surface area contributed by atoms with Gasteiger partial charge < -0.3 is 4.43 Å². The van der Waals surface area contributed by atoms with Crippen LogP contribution in [0.1, 0.15) is 12.8 Å². The molecule has 1 fully saturated rings. The highest BCUT2D eigenvalue weighted by molar-refractivity contribution is 6.50. The van der Waals surface area contributed by atoms with E-state index < -0.39 is 9.20 Å². The van der Waals surface area contributed by atoms with Crippen LogP contribution in [0.25, 0.3) is 0 Å². The van der Waals surface area contributed by atoms with Crippen LogP contribution in [0.4, 0.5) is 0 Å². The topological polar surface area (TPSA) is 38.7 Å². The van der Waals surface area contributed by atoms with Gasteiger partial charge >= 0.3 is 9.20 Å². The Kier molecular flexibility index (Phi) is 2.64. The lowest BCUT2D eigenvalue weighted by molar-refractivity contribution is 0.288. The van der Waals surface area contributed by atoms with Crippen molar-refractivity contribution in [1.82, 2.24) is 0 Å². The van der Waals surface area contributed by atoms with Crippen LogP contribution >= 0.6 is 0 Å². The smallest absolute Gasteiger partial charge is 0.317 e. The van der Waals surface area contributed by atoms with E-state index in [-0.39, 0.29) is 0 Å². The third kappa shape index (κ3) is 2.09. The molecule has 0 radical (unpaired) electrons. The van der Waals surface area contributed by atoms with Crippen LogP contribution in [0.15, 0.2) is 4.66 Å². The standard InChI is InChI=1S/C5H9NO2Si/c7-5-6-9-4-2-1-3-8-9/h9H,1-4H2. The van der Waals surface area contributed by atoms with Crippen LogP contribution in [-0.4, -0.2) is 21.9 Å². The zero-order valence-electron chi connectivity index (χ0n) is 5.17. The highest BCUT2D eigenvalue weighted by Crippen LogP contribution is 2.10. The SMILES string of the molecule is O=C=N[SiH]1CCCCO1. The van der Waals surface area contributed by atoms with Gasteiger partial charge in [-0.05, 0) is 18.9 Å². The van der Waals surface area contributed by atoms with Gasteiger partial charge in [-0.15, -0.1) is 0 Å². The Morgan fingerprint density at radius 3 is 3.00 bits per heavy atom. The summed E-state index contributed by atoms with van der Waals surface area (Å²) in [6, 6.07) is 1.01. The van der Waals surface area contributed by atoms with Crippen molar-refractivity contribution < 1.29 is 9.22 Å². The van der Waals surface area contributed by atoms with Crippen molar-refractivity contribution in [2.45, 2.75) is 18.9 Å². The molecule has 0 bridgehead atoms. The number of hydrogen-bond acceptors (Lipinski definition) is 3. The second-order valence-electron chi connectivity index (χ2n) is 2.04. The molecule has 4 heteroatoms. The summed E-state index contributed by atoms with van der Waals surface area (Å²) in [6.07, 6.45) is 3.84. The van der Waals surface area contributed by atoms with Crippen LogP contribution in [-0.2, 0) is 9.22 Å². The normalized spacial score (nSPS) is 26.9. The van der Waals surface area contributed by atoms with Gasteiger partial charge in [-0.1, -0.05) is 0 Å². The van der Waals surface area contributed by atoms with Crippen molar-refractivity contribution >= 4 is 15.3 Å². The summed E-state index contributed by atoms with van der Waals surface area (Å²) in [5.74, 6) is 0. The average molecular weight is 143 g/mol. The molecule has 1 atom stereocenters. The molecule has 0 aliphatic carbocycles. The maximum atomic E-state index is 9.74. The van der Waals surface area contributed by atoms with E-state index in [1.54, 1.807) is 6.08 Å². The predicted molar refractivity (Wildman–Crippen MR) is 35.3 cm³/mol. The third-order valence-electron chi connectivity index (χ3n) is 1.35. The molecule has 0 aromatic carbocycles. The van der Waals surface area contributed by atoms with Crippen LogP contribution in [0.2, 0.25) is 6.04 Å². The van der Waals surface area contributed by atoms with Gasteiger partial charge in [-0.2, -0.15) is 0 Å². The molecule has 9 heavy (non-hydrogen) atoms. The van der Waals surface area contributed by atoms with Crippen LogP contribution in [0.5, 0.6) is 0 Å². The van der Waals surface area contributed by atoms with Gasteiger partial charge in [0.15, 0.2) is 0 Å². The molecule has 1 heterocycles. The molecule has 0 spiro atoms. The number of hydrogen-bond donors (Lipinski definition) is 0. The first-order chi connectivity index (χ1) is 4.43. The van der Waals surface area contributed by atoms with Crippen LogP contribution < -0.4 is 0 Å². The Morgan fingerprint density at radius 2 is 2.44 bits per heavy atom. The quantitative estimate of drug-likeness (QED) is 0.302. The van der Waals surface area contributed by atoms with Gasteiger partial charge in [-0.3, -0.25) is 0 Å². The highest BCUT2D eigenvalue weighted by Gasteiger charge is 2.14. The highest BCUT2D eigenvalue weighted by atomic mass is 28.3. The number of carbonyl (C=O) groups excluding carboxylic acids is 1. The van der Waals surface area contributed by atoms with E-state index in [1.807, 2.05) is 0 Å². The number of rotatable bonds is 1. The fourth-order valence-corrected chi connectivity index (χ4v) is 2.45. The van der Waals surface area contributed by atoms with Gasteiger partial charge in [0.2, 0.25) is 6.08 Å². The maximum Gasteiger partial charge on any atom is 0.317 e. The molecule has 1 aliphatic heterocycles. The summed E-state index contributed by atoms with van der Waals surface area (Å²) >= 11 is 0. The van der Waals surface area contributed by atoms with E-state index in [0.29, 0.717) is 0 Å². The van der Waals surface area contributed by atoms with Gasteiger partial charge in [0.1, 0.15) is 0 Å². The molecule has 0 N–H and O–H groups in total. The van der Waals surface area contributed by atoms with Crippen molar-refractivity contribution in [2.75, 3.05) is 6.61 Å². The molecular formula is C5H9NO2Si. The molecule has 1 rings (SSSR count). The fraction of sp³-hybridized carbons (Fsp3) is 0.800. The van der Waals surface area contributed by atoms with E-state index >= 15 is 0 Å². The summed E-state index contributed by atoms with van der Waals surface area (Å²) in [5, 5.41) is 0. The zero-order valence-corrected chi connectivity index (χ0v) is 6.32. The van der Waals surface area contributed by atoms with Gasteiger partial charge in [0.05, 0.1) is 0 Å². The van der Waals surface area contributed by atoms with Crippen molar-refractivity contribution in [1.29, 1.82) is 0 Å². The molecule has 1 saturated heterocycles.